The summed E-state index contributed by atoms with van der Waals surface area (Å²) >= 11 is 0. The number of anilines is 1. The summed E-state index contributed by atoms with van der Waals surface area (Å²) < 4.78 is 0. The van der Waals surface area contributed by atoms with E-state index in [1.165, 1.54) is 0 Å². The Balaban J connectivity index is 1.98. The number of H-pyrrole nitrogens is 1. The van der Waals surface area contributed by atoms with Crippen molar-refractivity contribution in [1.29, 1.82) is 0 Å². The number of amides is 1. The average molecular weight is 288 g/mol. The fourth-order valence-electron chi connectivity index (χ4n) is 2.01. The topological polar surface area (TPSA) is 109 Å². The number of nitrogens with zero attached hydrogens (tertiary/aromatic N) is 2. The molecule has 0 saturated carbocycles. The van der Waals surface area contributed by atoms with Gasteiger partial charge in [-0.3, -0.25) is 4.79 Å². The van der Waals surface area contributed by atoms with E-state index >= 15 is 0 Å². The van der Waals surface area contributed by atoms with E-state index in [0.29, 0.717) is 24.3 Å². The summed E-state index contributed by atoms with van der Waals surface area (Å²) in [6.45, 7) is 2.58. The smallest absolute Gasteiger partial charge is 0.251 e. The van der Waals surface area contributed by atoms with Crippen LogP contribution in [-0.2, 0) is 12.8 Å². The van der Waals surface area contributed by atoms with Crippen LogP contribution in [-0.4, -0.2) is 27.4 Å². The number of nitrogens with one attached hydrogen (secondary N) is 3. The fraction of sp³-hybridized carbons (Fsp3) is 0.357. The SMILES string of the molecule is CCCc1cc(C(=O)NCCc2ncc[nH]2)cc(NN)n1. The number of nitrogens with two attached hydrogens (primary N) is 1. The zero-order valence-electron chi connectivity index (χ0n) is 12.0. The predicted molar refractivity (Wildman–Crippen MR) is 80.7 cm³/mol. The second-order valence-electron chi connectivity index (χ2n) is 4.67. The predicted octanol–water partition coefficient (Wildman–Crippen LogP) is 1.02. The van der Waals surface area contributed by atoms with Gasteiger partial charge in [0.1, 0.15) is 11.6 Å². The second-order valence-corrected chi connectivity index (χ2v) is 4.67. The van der Waals surface area contributed by atoms with E-state index in [-0.39, 0.29) is 5.91 Å². The molecular formula is C14H20N6O. The van der Waals surface area contributed by atoms with Crippen LogP contribution >= 0.6 is 0 Å². The lowest BCUT2D eigenvalue weighted by molar-refractivity contribution is 0.0954. The molecule has 0 radical (unpaired) electrons. The molecule has 2 rings (SSSR count). The van der Waals surface area contributed by atoms with Gasteiger partial charge >= 0.3 is 0 Å². The quantitative estimate of drug-likeness (QED) is 0.449. The molecule has 0 aromatic carbocycles. The largest absolute Gasteiger partial charge is 0.352 e. The number of pyridine rings is 1. The van der Waals surface area contributed by atoms with Crippen molar-refractivity contribution in [1.82, 2.24) is 20.3 Å². The number of hydrogen-bond donors (Lipinski definition) is 4. The molecule has 0 fully saturated rings. The highest BCUT2D eigenvalue weighted by atomic mass is 16.1. The van der Waals surface area contributed by atoms with Crippen LogP contribution in [0.2, 0.25) is 0 Å². The van der Waals surface area contributed by atoms with Crippen LogP contribution in [0, 0.1) is 0 Å². The number of hydrogen-bond acceptors (Lipinski definition) is 5. The lowest BCUT2D eigenvalue weighted by Crippen LogP contribution is -2.26. The molecule has 112 valence electrons. The number of hydrazine groups is 1. The monoisotopic (exact) mass is 288 g/mol. The van der Waals surface area contributed by atoms with Crippen LogP contribution in [0.3, 0.4) is 0 Å². The molecule has 7 heteroatoms. The van der Waals surface area contributed by atoms with Gasteiger partial charge in [-0.1, -0.05) is 13.3 Å². The third kappa shape index (κ3) is 4.28. The van der Waals surface area contributed by atoms with E-state index in [4.69, 9.17) is 5.84 Å². The van der Waals surface area contributed by atoms with Gasteiger partial charge in [-0.05, 0) is 18.6 Å². The highest BCUT2D eigenvalue weighted by Crippen LogP contribution is 2.11. The van der Waals surface area contributed by atoms with Gasteiger partial charge in [-0.15, -0.1) is 0 Å². The molecule has 0 atom stereocenters. The van der Waals surface area contributed by atoms with Crippen LogP contribution in [0.5, 0.6) is 0 Å². The lowest BCUT2D eigenvalue weighted by Gasteiger charge is -2.08. The highest BCUT2D eigenvalue weighted by molar-refractivity contribution is 5.95. The molecule has 0 spiro atoms. The summed E-state index contributed by atoms with van der Waals surface area (Å²) in [5.74, 6) is 6.60. The first-order chi connectivity index (χ1) is 10.2. The number of carbonyl (C=O) groups excluding carboxylic acids is 1. The van der Waals surface area contributed by atoms with E-state index < -0.39 is 0 Å². The maximum absolute atomic E-state index is 12.2. The van der Waals surface area contributed by atoms with Gasteiger partial charge in [0.25, 0.3) is 5.91 Å². The minimum Gasteiger partial charge on any atom is -0.352 e. The Labute approximate surface area is 123 Å². The van der Waals surface area contributed by atoms with E-state index in [1.807, 2.05) is 0 Å². The maximum Gasteiger partial charge on any atom is 0.251 e. The first-order valence-electron chi connectivity index (χ1n) is 6.97. The molecule has 0 aliphatic carbocycles. The Kier molecular flexibility index (Phi) is 5.28. The third-order valence-electron chi connectivity index (χ3n) is 3.00. The number of rotatable bonds is 7. The van der Waals surface area contributed by atoms with Crippen molar-refractivity contribution < 1.29 is 4.79 Å². The number of aryl methyl sites for hydroxylation is 1. The van der Waals surface area contributed by atoms with Crippen molar-refractivity contribution in [3.05, 3.63) is 41.6 Å². The van der Waals surface area contributed by atoms with Crippen LogP contribution in [0.25, 0.3) is 0 Å². The Morgan fingerprint density at radius 3 is 2.90 bits per heavy atom. The van der Waals surface area contributed by atoms with Crippen LogP contribution in [0.4, 0.5) is 5.82 Å². The van der Waals surface area contributed by atoms with Crippen LogP contribution < -0.4 is 16.6 Å². The summed E-state index contributed by atoms with van der Waals surface area (Å²) in [4.78, 5) is 23.6. The average Bonchev–Trinajstić information content (AvgIpc) is 3.00. The Morgan fingerprint density at radius 1 is 1.38 bits per heavy atom. The van der Waals surface area contributed by atoms with E-state index in [1.54, 1.807) is 24.5 Å². The van der Waals surface area contributed by atoms with Crippen LogP contribution in [0.15, 0.2) is 24.5 Å². The van der Waals surface area contributed by atoms with Crippen molar-refractivity contribution in [3.8, 4) is 0 Å². The lowest BCUT2D eigenvalue weighted by atomic mass is 10.1. The first kappa shape index (κ1) is 15.0. The molecule has 7 nitrogen and oxygen atoms in total. The minimum absolute atomic E-state index is 0.141. The van der Waals surface area contributed by atoms with Crippen molar-refractivity contribution in [2.75, 3.05) is 12.0 Å². The fourth-order valence-corrected chi connectivity index (χ4v) is 2.01. The molecule has 1 amide bonds. The number of aromatic amines is 1. The molecule has 2 aromatic rings. The van der Waals surface area contributed by atoms with Crippen molar-refractivity contribution in [2.24, 2.45) is 5.84 Å². The number of carbonyl (C=O) groups is 1. The summed E-state index contributed by atoms with van der Waals surface area (Å²) in [5.41, 5.74) is 3.90. The molecule has 2 aromatic heterocycles. The minimum atomic E-state index is -0.141. The molecule has 5 N–H and O–H groups in total. The third-order valence-corrected chi connectivity index (χ3v) is 3.00. The number of aromatic nitrogens is 3. The molecule has 0 aliphatic heterocycles. The van der Waals surface area contributed by atoms with Crippen LogP contribution in [0.1, 0.15) is 35.2 Å². The molecule has 0 unspecified atom stereocenters. The summed E-state index contributed by atoms with van der Waals surface area (Å²) in [6.07, 6.45) is 5.88. The standard InChI is InChI=1S/C14H20N6O/c1-2-3-11-8-10(9-13(19-11)20-15)14(21)18-5-4-12-16-6-7-17-12/h6-9H,2-5,15H2,1H3,(H,16,17)(H,18,21)(H,19,20). The summed E-state index contributed by atoms with van der Waals surface area (Å²) in [7, 11) is 0. The molecular weight excluding hydrogens is 268 g/mol. The van der Waals surface area contributed by atoms with Crippen molar-refractivity contribution in [3.63, 3.8) is 0 Å². The first-order valence-corrected chi connectivity index (χ1v) is 6.97. The van der Waals surface area contributed by atoms with Gasteiger partial charge in [0, 0.05) is 36.6 Å². The van der Waals surface area contributed by atoms with E-state index in [0.717, 1.165) is 24.4 Å². The van der Waals surface area contributed by atoms with Gasteiger partial charge < -0.3 is 15.7 Å². The zero-order valence-corrected chi connectivity index (χ0v) is 12.0. The van der Waals surface area contributed by atoms with Gasteiger partial charge in [0.05, 0.1) is 0 Å². The van der Waals surface area contributed by atoms with Gasteiger partial charge in [-0.2, -0.15) is 0 Å². The Morgan fingerprint density at radius 2 is 2.24 bits per heavy atom. The van der Waals surface area contributed by atoms with E-state index in [2.05, 4.69) is 32.6 Å². The Hall–Kier alpha value is -2.41. The number of nitrogen functional groups attached to an aromatic ring is 1. The maximum atomic E-state index is 12.2. The summed E-state index contributed by atoms with van der Waals surface area (Å²) in [5, 5.41) is 2.86. The normalized spacial score (nSPS) is 10.4. The van der Waals surface area contributed by atoms with E-state index in [9.17, 15) is 4.79 Å². The molecule has 0 bridgehead atoms. The zero-order chi connectivity index (χ0) is 15.1. The van der Waals surface area contributed by atoms with Crippen molar-refractivity contribution in [2.45, 2.75) is 26.2 Å². The highest BCUT2D eigenvalue weighted by Gasteiger charge is 2.09. The number of imidazole rings is 1. The molecule has 21 heavy (non-hydrogen) atoms. The second kappa shape index (κ2) is 7.39. The van der Waals surface area contributed by atoms with Gasteiger partial charge in [0.2, 0.25) is 0 Å². The van der Waals surface area contributed by atoms with Gasteiger partial charge in [0.15, 0.2) is 0 Å². The Bertz CT molecular complexity index is 581. The molecule has 2 heterocycles. The summed E-state index contributed by atoms with van der Waals surface area (Å²) in [6, 6.07) is 3.44. The van der Waals surface area contributed by atoms with Crippen molar-refractivity contribution >= 4 is 11.7 Å². The molecule has 0 aliphatic rings. The molecule has 0 saturated heterocycles. The van der Waals surface area contributed by atoms with Gasteiger partial charge in [-0.25, -0.2) is 15.8 Å².